The van der Waals surface area contributed by atoms with Crippen LogP contribution < -0.4 is 4.57 Å². The fourth-order valence-corrected chi connectivity index (χ4v) is 2.47. The number of aromatic nitrogens is 1. The molecule has 0 unspecified atom stereocenters. The molecule has 0 N–H and O–H groups in total. The minimum absolute atomic E-state index is 0.891. The van der Waals surface area contributed by atoms with Gasteiger partial charge in [-0.3, -0.25) is 0 Å². The lowest BCUT2D eigenvalue weighted by Crippen LogP contribution is -2.37. The second kappa shape index (κ2) is 5.70. The number of nitrogens with zero attached hydrogens (tertiary/aromatic N) is 1. The van der Waals surface area contributed by atoms with Crippen molar-refractivity contribution in [3.63, 3.8) is 0 Å². The Kier molecular flexibility index (Phi) is 3.60. The molecule has 20 heavy (non-hydrogen) atoms. The summed E-state index contributed by atoms with van der Waals surface area (Å²) in [5.74, 6) is 0. The van der Waals surface area contributed by atoms with Gasteiger partial charge in [-0.2, -0.15) is 4.57 Å². The Labute approximate surface area is 119 Å². The molecule has 1 nitrogen and oxygen atoms in total. The Morgan fingerprint density at radius 3 is 2.45 bits per heavy atom. The van der Waals surface area contributed by atoms with Gasteiger partial charge in [0.1, 0.15) is 0 Å². The lowest BCUT2D eigenvalue weighted by atomic mass is 10.2. The average Bonchev–Trinajstić information content (AvgIpc) is 2.50. The topological polar surface area (TPSA) is 3.88 Å². The Balaban J connectivity index is 1.91. The SMILES string of the molecule is Cc1ccc2ccccc2[n+]1C/C=C/c1ccccc1. The molecule has 0 saturated heterocycles. The minimum atomic E-state index is 0.891. The number of aryl methyl sites for hydroxylation is 1. The highest BCUT2D eigenvalue weighted by atomic mass is 15.0. The van der Waals surface area contributed by atoms with E-state index >= 15 is 0 Å². The molecule has 0 amide bonds. The molecule has 0 saturated carbocycles. The van der Waals surface area contributed by atoms with Crippen molar-refractivity contribution >= 4 is 17.0 Å². The highest BCUT2D eigenvalue weighted by Crippen LogP contribution is 2.10. The zero-order valence-electron chi connectivity index (χ0n) is 11.7. The van der Waals surface area contributed by atoms with Gasteiger partial charge >= 0.3 is 0 Å². The van der Waals surface area contributed by atoms with Gasteiger partial charge in [0, 0.05) is 24.4 Å². The normalized spacial score (nSPS) is 11.2. The molecule has 0 radical (unpaired) electrons. The van der Waals surface area contributed by atoms with Crippen LogP contribution >= 0.6 is 0 Å². The molecule has 0 bridgehead atoms. The summed E-state index contributed by atoms with van der Waals surface area (Å²) in [4.78, 5) is 0. The summed E-state index contributed by atoms with van der Waals surface area (Å²) in [7, 11) is 0. The van der Waals surface area contributed by atoms with Crippen LogP contribution in [0.2, 0.25) is 0 Å². The van der Waals surface area contributed by atoms with E-state index in [-0.39, 0.29) is 0 Å². The monoisotopic (exact) mass is 260 g/mol. The minimum Gasteiger partial charge on any atom is -0.192 e. The fraction of sp³-hybridized carbons (Fsp3) is 0.105. The van der Waals surface area contributed by atoms with Gasteiger partial charge in [0.25, 0.3) is 0 Å². The lowest BCUT2D eigenvalue weighted by molar-refractivity contribution is -0.667. The first-order chi connectivity index (χ1) is 9.84. The fourth-order valence-electron chi connectivity index (χ4n) is 2.47. The zero-order valence-corrected chi connectivity index (χ0v) is 11.7. The largest absolute Gasteiger partial charge is 0.212 e. The summed E-state index contributed by atoms with van der Waals surface area (Å²) in [6.07, 6.45) is 4.39. The van der Waals surface area contributed by atoms with Crippen LogP contribution in [0.5, 0.6) is 0 Å². The standard InChI is InChI=1S/C19H18N/c1-16-13-14-18-11-5-6-12-19(18)20(16)15-7-10-17-8-3-2-4-9-17/h2-14H,15H2,1H3/q+1/b10-7+. The van der Waals surface area contributed by atoms with Gasteiger partial charge in [0.05, 0.1) is 0 Å². The van der Waals surface area contributed by atoms with Crippen molar-refractivity contribution in [2.75, 3.05) is 0 Å². The molecule has 1 heteroatoms. The van der Waals surface area contributed by atoms with Crippen molar-refractivity contribution in [1.82, 2.24) is 0 Å². The number of hydrogen-bond acceptors (Lipinski definition) is 0. The number of pyridine rings is 1. The molecule has 2 aromatic carbocycles. The molecular formula is C19H18N+. The third-order valence-electron chi connectivity index (χ3n) is 3.56. The molecule has 0 spiro atoms. The van der Waals surface area contributed by atoms with Crippen molar-refractivity contribution < 1.29 is 4.57 Å². The Bertz CT molecular complexity index is 742. The number of benzene rings is 2. The van der Waals surface area contributed by atoms with Crippen LogP contribution in [0.4, 0.5) is 0 Å². The number of allylic oxidation sites excluding steroid dienone is 1. The van der Waals surface area contributed by atoms with Gasteiger partial charge in [-0.05, 0) is 23.8 Å². The van der Waals surface area contributed by atoms with Crippen LogP contribution in [0.25, 0.3) is 17.0 Å². The number of fused-ring (bicyclic) bond motifs is 1. The zero-order chi connectivity index (χ0) is 13.8. The van der Waals surface area contributed by atoms with Crippen molar-refractivity contribution in [3.05, 3.63) is 84.1 Å². The summed E-state index contributed by atoms with van der Waals surface area (Å²) >= 11 is 0. The van der Waals surface area contributed by atoms with Crippen LogP contribution in [-0.2, 0) is 6.54 Å². The third kappa shape index (κ3) is 2.62. The number of hydrogen-bond donors (Lipinski definition) is 0. The van der Waals surface area contributed by atoms with Gasteiger partial charge in [-0.1, -0.05) is 48.5 Å². The first kappa shape index (κ1) is 12.6. The first-order valence-corrected chi connectivity index (χ1v) is 6.94. The van der Waals surface area contributed by atoms with E-state index in [1.54, 1.807) is 0 Å². The molecule has 0 aliphatic heterocycles. The molecule has 98 valence electrons. The van der Waals surface area contributed by atoms with Gasteiger partial charge in [0.2, 0.25) is 5.52 Å². The van der Waals surface area contributed by atoms with Gasteiger partial charge in [0.15, 0.2) is 12.2 Å². The average molecular weight is 260 g/mol. The van der Waals surface area contributed by atoms with E-state index in [2.05, 4.69) is 84.3 Å². The quantitative estimate of drug-likeness (QED) is 0.623. The van der Waals surface area contributed by atoms with Gasteiger partial charge in [-0.15, -0.1) is 0 Å². The van der Waals surface area contributed by atoms with E-state index in [4.69, 9.17) is 0 Å². The van der Waals surface area contributed by atoms with E-state index in [1.165, 1.54) is 22.2 Å². The Morgan fingerprint density at radius 2 is 1.60 bits per heavy atom. The second-order valence-electron chi connectivity index (χ2n) is 4.96. The summed E-state index contributed by atoms with van der Waals surface area (Å²) in [5.41, 5.74) is 3.80. The van der Waals surface area contributed by atoms with Gasteiger partial charge in [-0.25, -0.2) is 0 Å². The van der Waals surface area contributed by atoms with Crippen LogP contribution in [0.1, 0.15) is 11.3 Å². The van der Waals surface area contributed by atoms with Crippen LogP contribution in [-0.4, -0.2) is 0 Å². The maximum atomic E-state index is 2.34. The predicted molar refractivity (Wildman–Crippen MR) is 84.4 cm³/mol. The van der Waals surface area contributed by atoms with E-state index in [0.717, 1.165) is 6.54 Å². The summed E-state index contributed by atoms with van der Waals surface area (Å²) in [5, 5.41) is 1.28. The van der Waals surface area contributed by atoms with Crippen molar-refractivity contribution in [3.8, 4) is 0 Å². The van der Waals surface area contributed by atoms with Crippen LogP contribution in [0.15, 0.2) is 72.8 Å². The van der Waals surface area contributed by atoms with Crippen molar-refractivity contribution in [2.45, 2.75) is 13.5 Å². The third-order valence-corrected chi connectivity index (χ3v) is 3.56. The van der Waals surface area contributed by atoms with Crippen molar-refractivity contribution in [1.29, 1.82) is 0 Å². The summed E-state index contributed by atoms with van der Waals surface area (Å²) in [6.45, 7) is 3.05. The van der Waals surface area contributed by atoms with Crippen molar-refractivity contribution in [2.24, 2.45) is 0 Å². The maximum Gasteiger partial charge on any atom is 0.212 e. The maximum absolute atomic E-state index is 2.34. The number of rotatable bonds is 3. The number of para-hydroxylation sites is 1. The molecule has 3 aromatic rings. The van der Waals surface area contributed by atoms with E-state index in [0.29, 0.717) is 0 Å². The smallest absolute Gasteiger partial charge is 0.192 e. The second-order valence-corrected chi connectivity index (χ2v) is 4.96. The molecule has 1 heterocycles. The van der Waals surface area contributed by atoms with E-state index in [9.17, 15) is 0 Å². The molecule has 1 aromatic heterocycles. The molecule has 0 aliphatic rings. The van der Waals surface area contributed by atoms with E-state index in [1.807, 2.05) is 6.07 Å². The Morgan fingerprint density at radius 1 is 0.850 bits per heavy atom. The molecule has 0 aliphatic carbocycles. The van der Waals surface area contributed by atoms with Gasteiger partial charge < -0.3 is 0 Å². The lowest BCUT2D eigenvalue weighted by Gasteiger charge is -2.02. The molecule has 3 rings (SSSR count). The van der Waals surface area contributed by atoms with E-state index < -0.39 is 0 Å². The van der Waals surface area contributed by atoms with Crippen LogP contribution in [0.3, 0.4) is 0 Å². The highest BCUT2D eigenvalue weighted by Gasteiger charge is 2.09. The molecule has 0 atom stereocenters. The summed E-state index contributed by atoms with van der Waals surface area (Å²) in [6, 6.07) is 23.3. The predicted octanol–water partition coefficient (Wildman–Crippen LogP) is 4.15. The first-order valence-electron chi connectivity index (χ1n) is 6.94. The van der Waals surface area contributed by atoms with Crippen LogP contribution in [0, 0.1) is 6.92 Å². The molecular weight excluding hydrogens is 242 g/mol. The Hall–Kier alpha value is -2.41. The summed E-state index contributed by atoms with van der Waals surface area (Å²) < 4.78 is 2.34. The highest BCUT2D eigenvalue weighted by molar-refractivity contribution is 5.75. The molecule has 0 fully saturated rings.